The molecule has 1 aliphatic heterocycles. The highest BCUT2D eigenvalue weighted by Gasteiger charge is 2.34. The quantitative estimate of drug-likeness (QED) is 0.0763. The zero-order chi connectivity index (χ0) is 37.4. The van der Waals surface area contributed by atoms with Gasteiger partial charge in [-0.2, -0.15) is 13.5 Å². The van der Waals surface area contributed by atoms with E-state index in [1.165, 1.54) is 41.3 Å². The van der Waals surface area contributed by atoms with E-state index in [-0.39, 0.29) is 41.7 Å². The number of esters is 1. The van der Waals surface area contributed by atoms with Crippen LogP contribution in [0.5, 0.6) is 5.75 Å². The summed E-state index contributed by atoms with van der Waals surface area (Å²) in [5, 5.41) is 5.27. The summed E-state index contributed by atoms with van der Waals surface area (Å²) in [6.45, 7) is 11.6. The van der Waals surface area contributed by atoms with Crippen molar-refractivity contribution in [2.24, 2.45) is 5.10 Å². The maximum absolute atomic E-state index is 15.9. The summed E-state index contributed by atoms with van der Waals surface area (Å²) < 4.78 is 64.9. The van der Waals surface area contributed by atoms with Crippen LogP contribution < -0.4 is 19.8 Å². The summed E-state index contributed by atoms with van der Waals surface area (Å²) in [5.41, 5.74) is 0.910. The van der Waals surface area contributed by atoms with Gasteiger partial charge in [-0.25, -0.2) is 24.2 Å². The molecule has 2 aromatic rings. The molecule has 18 heteroatoms. The van der Waals surface area contributed by atoms with Crippen molar-refractivity contribution < 1.29 is 55.1 Å². The van der Waals surface area contributed by atoms with Crippen molar-refractivity contribution in [2.45, 2.75) is 71.0 Å². The molecule has 15 nitrogen and oxygen atoms in total. The van der Waals surface area contributed by atoms with Gasteiger partial charge >= 0.3 is 34.4 Å². The minimum atomic E-state index is -3.82. The number of hydrogen-bond acceptors (Lipinski definition) is 13. The Morgan fingerprint density at radius 2 is 1.66 bits per heavy atom. The fraction of sp³-hybridized carbons (Fsp3) is 0.469. The monoisotopic (exact) mass is 740 g/mol. The molecule has 1 heterocycles. The van der Waals surface area contributed by atoms with Crippen LogP contribution >= 0.6 is 11.8 Å². The van der Waals surface area contributed by atoms with Gasteiger partial charge in [0.2, 0.25) is 0 Å². The highest BCUT2D eigenvalue weighted by Crippen LogP contribution is 2.36. The number of nitrogens with one attached hydrogen (secondary N) is 2. The van der Waals surface area contributed by atoms with E-state index < -0.39 is 62.7 Å². The average molecular weight is 741 g/mol. The smallest absolute Gasteiger partial charge is 0.428 e. The largest absolute Gasteiger partial charge is 0.465 e. The van der Waals surface area contributed by atoms with Crippen LogP contribution in [-0.2, 0) is 33.9 Å². The maximum Gasteiger partial charge on any atom is 0.428 e. The summed E-state index contributed by atoms with van der Waals surface area (Å²) in [6, 6.07) is 9.31. The van der Waals surface area contributed by atoms with Crippen molar-refractivity contribution in [1.82, 2.24) is 10.7 Å². The molecule has 0 saturated carbocycles. The highest BCUT2D eigenvalue weighted by atomic mass is 32.2. The fourth-order valence-electron chi connectivity index (χ4n) is 4.20. The van der Waals surface area contributed by atoms with Crippen LogP contribution in [0.25, 0.3) is 0 Å². The Kier molecular flexibility index (Phi) is 13.1. The number of anilines is 1. The highest BCUT2D eigenvalue weighted by molar-refractivity contribution is 8.15. The SMILES string of the molecule is CCOC(=O)C(SC(=NNC(=O)OC(C)(C)C)c1ccc(N2C[C@@H](CNC(=O)OC(C)(C)C)OC2=O)cc1F)c1ccc(OS(C)(=O)=O)cc1. The standard InChI is InChI=1S/C32H41FN4O11S2/c1-9-44-27(38)25(19-10-13-21(14-11-19)48-50(8,42)43)49-26(35-36-29(40)47-32(5,6)7)23-15-12-20(16-24(23)33)37-18-22(45-30(37)41)17-34-28(39)46-31(2,3)4/h10-16,22,25H,9,17-18H2,1-8H3,(H,34,39)(H,36,40)/t22-,25?/m1/s1. The van der Waals surface area contributed by atoms with Crippen LogP contribution in [0, 0.1) is 5.82 Å². The molecular formula is C32H41FN4O11S2. The summed E-state index contributed by atoms with van der Waals surface area (Å²) in [7, 11) is -3.82. The Morgan fingerprint density at radius 1 is 1.04 bits per heavy atom. The van der Waals surface area contributed by atoms with Gasteiger partial charge in [0.15, 0.2) is 0 Å². The van der Waals surface area contributed by atoms with Crippen molar-refractivity contribution in [3.63, 3.8) is 0 Å². The number of cyclic esters (lactones) is 1. The van der Waals surface area contributed by atoms with E-state index in [0.717, 1.165) is 24.1 Å². The van der Waals surface area contributed by atoms with Crippen LogP contribution in [0.4, 0.5) is 24.5 Å². The number of hydrogen-bond donors (Lipinski definition) is 2. The van der Waals surface area contributed by atoms with E-state index in [1.54, 1.807) is 48.5 Å². The molecular weight excluding hydrogens is 700 g/mol. The number of halogens is 1. The van der Waals surface area contributed by atoms with Gasteiger partial charge in [-0.05, 0) is 84.4 Å². The van der Waals surface area contributed by atoms with E-state index in [0.29, 0.717) is 5.56 Å². The molecule has 3 amide bonds. The third kappa shape index (κ3) is 12.7. The van der Waals surface area contributed by atoms with Gasteiger partial charge in [-0.3, -0.25) is 9.69 Å². The molecule has 1 fully saturated rings. The Hall–Kier alpha value is -4.58. The number of benzene rings is 2. The van der Waals surface area contributed by atoms with Crippen molar-refractivity contribution in [1.29, 1.82) is 0 Å². The molecule has 0 aromatic heterocycles. The summed E-state index contributed by atoms with van der Waals surface area (Å²) >= 11 is 0.738. The fourth-order valence-corrected chi connectivity index (χ4v) is 5.73. The van der Waals surface area contributed by atoms with Crippen LogP contribution in [-0.4, -0.2) is 81.0 Å². The molecule has 0 bridgehead atoms. The van der Waals surface area contributed by atoms with Crippen molar-refractivity contribution in [3.05, 3.63) is 59.4 Å². The lowest BCUT2D eigenvalue weighted by Crippen LogP contribution is -2.38. The molecule has 3 rings (SSSR count). The Labute approximate surface area is 294 Å². The molecule has 2 atom stereocenters. The molecule has 2 N–H and O–H groups in total. The predicted molar refractivity (Wildman–Crippen MR) is 183 cm³/mol. The molecule has 1 unspecified atom stereocenters. The van der Waals surface area contributed by atoms with E-state index >= 15 is 4.39 Å². The average Bonchev–Trinajstić information content (AvgIpc) is 3.35. The normalized spacial score (nSPS) is 15.9. The van der Waals surface area contributed by atoms with Crippen molar-refractivity contribution >= 4 is 56.9 Å². The molecule has 0 aliphatic carbocycles. The number of nitrogens with zero attached hydrogens (tertiary/aromatic N) is 2. The first-order chi connectivity index (χ1) is 23.1. The zero-order valence-electron chi connectivity index (χ0n) is 28.9. The molecule has 1 saturated heterocycles. The lowest BCUT2D eigenvalue weighted by molar-refractivity contribution is -0.142. The molecule has 0 radical (unpaired) electrons. The van der Waals surface area contributed by atoms with Crippen LogP contribution in [0.15, 0.2) is 47.6 Å². The van der Waals surface area contributed by atoms with Crippen molar-refractivity contribution in [3.8, 4) is 5.75 Å². The number of alkyl carbamates (subject to hydrolysis) is 1. The molecule has 2 aromatic carbocycles. The summed E-state index contributed by atoms with van der Waals surface area (Å²) in [5.74, 6) is -1.61. The molecule has 274 valence electrons. The Morgan fingerprint density at radius 3 is 2.22 bits per heavy atom. The van der Waals surface area contributed by atoms with Crippen molar-refractivity contribution in [2.75, 3.05) is 30.9 Å². The van der Waals surface area contributed by atoms with Gasteiger partial charge in [0.05, 0.1) is 31.6 Å². The van der Waals surface area contributed by atoms with E-state index in [1.807, 2.05) is 0 Å². The van der Waals surface area contributed by atoms with Gasteiger partial charge in [0.1, 0.15) is 39.2 Å². The van der Waals surface area contributed by atoms with Crippen LogP contribution in [0.3, 0.4) is 0 Å². The summed E-state index contributed by atoms with van der Waals surface area (Å²) in [4.78, 5) is 51.5. The second-order valence-corrected chi connectivity index (χ2v) is 15.5. The predicted octanol–water partition coefficient (Wildman–Crippen LogP) is 5.24. The number of carbonyl (C=O) groups excluding carboxylic acids is 4. The number of amides is 3. The van der Waals surface area contributed by atoms with Gasteiger partial charge in [-0.15, -0.1) is 0 Å². The minimum Gasteiger partial charge on any atom is -0.465 e. The number of thioether (sulfide) groups is 1. The number of ether oxygens (including phenoxy) is 4. The number of rotatable bonds is 11. The van der Waals surface area contributed by atoms with Crippen LogP contribution in [0.2, 0.25) is 0 Å². The zero-order valence-corrected chi connectivity index (χ0v) is 30.5. The Balaban J connectivity index is 1.92. The van der Waals surface area contributed by atoms with E-state index in [9.17, 15) is 27.6 Å². The molecule has 0 spiro atoms. The van der Waals surface area contributed by atoms with Crippen LogP contribution in [0.1, 0.15) is 64.8 Å². The van der Waals surface area contributed by atoms with Gasteiger partial charge in [0, 0.05) is 5.56 Å². The van der Waals surface area contributed by atoms with Gasteiger partial charge in [0.25, 0.3) is 0 Å². The second-order valence-electron chi connectivity index (χ2n) is 12.8. The third-order valence-corrected chi connectivity index (χ3v) is 7.78. The topological polar surface area (TPSA) is 188 Å². The van der Waals surface area contributed by atoms with Gasteiger partial charge < -0.3 is 28.4 Å². The number of carbonyl (C=O) groups is 4. The first-order valence-electron chi connectivity index (χ1n) is 15.3. The van der Waals surface area contributed by atoms with E-state index in [4.69, 9.17) is 23.1 Å². The lowest BCUT2D eigenvalue weighted by atomic mass is 10.1. The Bertz CT molecular complexity index is 1710. The number of hydrazone groups is 1. The second kappa shape index (κ2) is 16.4. The molecule has 1 aliphatic rings. The molecule has 50 heavy (non-hydrogen) atoms. The summed E-state index contributed by atoms with van der Waals surface area (Å²) in [6.07, 6.45) is -2.27. The first-order valence-corrected chi connectivity index (χ1v) is 18.0. The minimum absolute atomic E-state index is 0.00530. The first kappa shape index (κ1) is 39.9. The van der Waals surface area contributed by atoms with E-state index in [2.05, 4.69) is 15.8 Å². The maximum atomic E-state index is 15.9. The lowest BCUT2D eigenvalue weighted by Gasteiger charge is -2.20. The van der Waals surface area contributed by atoms with Gasteiger partial charge in [-0.1, -0.05) is 23.9 Å². The third-order valence-electron chi connectivity index (χ3n) is 6.05.